The van der Waals surface area contributed by atoms with Gasteiger partial charge in [0.2, 0.25) is 0 Å². The van der Waals surface area contributed by atoms with Crippen LogP contribution in [-0.2, 0) is 7.05 Å². The number of aryl methyl sites for hydroxylation is 1. The maximum atomic E-state index is 12.0. The Labute approximate surface area is 119 Å². The van der Waals surface area contributed by atoms with Crippen LogP contribution in [0.15, 0.2) is 35.5 Å². The lowest BCUT2D eigenvalue weighted by molar-refractivity contribution is 0.102. The number of thioether (sulfide) groups is 1. The summed E-state index contributed by atoms with van der Waals surface area (Å²) in [4.78, 5) is 12.9. The van der Waals surface area contributed by atoms with Gasteiger partial charge in [-0.1, -0.05) is 23.2 Å². The molecule has 0 atom stereocenters. The van der Waals surface area contributed by atoms with E-state index < -0.39 is 0 Å². The van der Waals surface area contributed by atoms with Gasteiger partial charge >= 0.3 is 0 Å². The standard InChI is InChI=1S/C12H10Cl2N2OS/c1-16-6-9(5-15-16)18-7-12(17)10-3-2-8(13)4-11(10)14/h2-6H,7H2,1H3. The third-order valence-corrected chi connectivity index (χ3v) is 3.78. The van der Waals surface area contributed by atoms with Crippen LogP contribution < -0.4 is 0 Å². The Kier molecular flexibility index (Phi) is 4.32. The van der Waals surface area contributed by atoms with E-state index in [9.17, 15) is 4.79 Å². The second-order valence-electron chi connectivity index (χ2n) is 3.69. The maximum absolute atomic E-state index is 12.0. The predicted octanol–water partition coefficient (Wildman–Crippen LogP) is 3.70. The van der Waals surface area contributed by atoms with E-state index in [1.165, 1.54) is 11.8 Å². The molecule has 94 valence electrons. The molecule has 0 aliphatic rings. The van der Waals surface area contributed by atoms with E-state index in [-0.39, 0.29) is 5.78 Å². The Bertz CT molecular complexity index is 583. The number of rotatable bonds is 4. The molecule has 3 nitrogen and oxygen atoms in total. The second-order valence-corrected chi connectivity index (χ2v) is 5.58. The highest BCUT2D eigenvalue weighted by Crippen LogP contribution is 2.24. The van der Waals surface area contributed by atoms with Crippen LogP contribution in [0.4, 0.5) is 0 Å². The summed E-state index contributed by atoms with van der Waals surface area (Å²) in [7, 11) is 1.84. The minimum atomic E-state index is -0.0227. The van der Waals surface area contributed by atoms with Crippen molar-refractivity contribution in [1.82, 2.24) is 9.78 Å². The number of carbonyl (C=O) groups is 1. The Balaban J connectivity index is 2.03. The van der Waals surface area contributed by atoms with E-state index >= 15 is 0 Å². The van der Waals surface area contributed by atoms with Gasteiger partial charge in [0.05, 0.1) is 17.0 Å². The molecule has 2 aromatic rings. The van der Waals surface area contributed by atoms with Gasteiger partial charge in [-0.05, 0) is 18.2 Å². The van der Waals surface area contributed by atoms with Crippen molar-refractivity contribution in [2.45, 2.75) is 4.90 Å². The normalized spacial score (nSPS) is 10.6. The number of benzene rings is 1. The van der Waals surface area contributed by atoms with Crippen molar-refractivity contribution >= 4 is 40.7 Å². The highest BCUT2D eigenvalue weighted by Gasteiger charge is 2.11. The van der Waals surface area contributed by atoms with Crippen molar-refractivity contribution in [3.05, 3.63) is 46.2 Å². The molecule has 1 heterocycles. The average molecular weight is 301 g/mol. The minimum Gasteiger partial charge on any atom is -0.293 e. The van der Waals surface area contributed by atoms with Crippen molar-refractivity contribution in [1.29, 1.82) is 0 Å². The number of nitrogens with zero attached hydrogens (tertiary/aromatic N) is 2. The van der Waals surface area contributed by atoms with E-state index in [0.717, 1.165) is 4.90 Å². The Hall–Kier alpha value is -0.970. The summed E-state index contributed by atoms with van der Waals surface area (Å²) in [5, 5.41) is 4.95. The van der Waals surface area contributed by atoms with Crippen molar-refractivity contribution < 1.29 is 4.79 Å². The fourth-order valence-electron chi connectivity index (χ4n) is 1.42. The summed E-state index contributed by atoms with van der Waals surface area (Å²) in [6.45, 7) is 0. The highest BCUT2D eigenvalue weighted by atomic mass is 35.5. The molecule has 0 saturated heterocycles. The average Bonchev–Trinajstić information content (AvgIpc) is 2.72. The first-order valence-electron chi connectivity index (χ1n) is 5.16. The molecule has 0 N–H and O–H groups in total. The molecule has 1 aromatic heterocycles. The van der Waals surface area contributed by atoms with Crippen LogP contribution in [0.3, 0.4) is 0 Å². The number of hydrogen-bond acceptors (Lipinski definition) is 3. The lowest BCUT2D eigenvalue weighted by Gasteiger charge is -2.03. The zero-order chi connectivity index (χ0) is 13.1. The molecule has 2 rings (SSSR count). The van der Waals surface area contributed by atoms with Gasteiger partial charge in [0.15, 0.2) is 5.78 Å². The first kappa shape index (κ1) is 13.5. The van der Waals surface area contributed by atoms with Gasteiger partial charge in [0, 0.05) is 28.7 Å². The van der Waals surface area contributed by atoms with E-state index in [1.54, 1.807) is 29.1 Å². The summed E-state index contributed by atoms with van der Waals surface area (Å²) in [5.41, 5.74) is 0.498. The van der Waals surface area contributed by atoms with Crippen LogP contribution in [0.2, 0.25) is 10.0 Å². The SMILES string of the molecule is Cn1cc(SCC(=O)c2ccc(Cl)cc2Cl)cn1. The lowest BCUT2D eigenvalue weighted by Crippen LogP contribution is -2.02. The molecule has 0 amide bonds. The summed E-state index contributed by atoms with van der Waals surface area (Å²) >= 11 is 13.2. The lowest BCUT2D eigenvalue weighted by atomic mass is 10.1. The summed E-state index contributed by atoms with van der Waals surface area (Å²) < 4.78 is 1.70. The molecule has 0 aliphatic heterocycles. The monoisotopic (exact) mass is 300 g/mol. The van der Waals surface area contributed by atoms with Gasteiger partial charge in [-0.25, -0.2) is 0 Å². The molecule has 18 heavy (non-hydrogen) atoms. The molecular weight excluding hydrogens is 291 g/mol. The number of halogens is 2. The van der Waals surface area contributed by atoms with Crippen LogP contribution in [-0.4, -0.2) is 21.3 Å². The fourth-order valence-corrected chi connectivity index (χ4v) is 2.73. The number of carbonyl (C=O) groups excluding carboxylic acids is 1. The van der Waals surface area contributed by atoms with Gasteiger partial charge in [-0.3, -0.25) is 9.48 Å². The van der Waals surface area contributed by atoms with Gasteiger partial charge in [0.25, 0.3) is 0 Å². The molecular formula is C12H10Cl2N2OS. The van der Waals surface area contributed by atoms with Gasteiger partial charge < -0.3 is 0 Å². The Morgan fingerprint density at radius 3 is 2.83 bits per heavy atom. The van der Waals surface area contributed by atoms with Crippen LogP contribution >= 0.6 is 35.0 Å². The number of hydrogen-bond donors (Lipinski definition) is 0. The third-order valence-electron chi connectivity index (χ3n) is 2.28. The largest absolute Gasteiger partial charge is 0.293 e. The Morgan fingerprint density at radius 1 is 1.44 bits per heavy atom. The predicted molar refractivity (Wildman–Crippen MR) is 74.7 cm³/mol. The number of Topliss-reactive ketones (excluding diaryl/α,β-unsaturated/α-hetero) is 1. The number of aromatic nitrogens is 2. The van der Waals surface area contributed by atoms with E-state index in [2.05, 4.69) is 5.10 Å². The molecule has 1 aromatic carbocycles. The van der Waals surface area contributed by atoms with Crippen LogP contribution in [0.25, 0.3) is 0 Å². The maximum Gasteiger partial charge on any atom is 0.174 e. The van der Waals surface area contributed by atoms with Crippen LogP contribution in [0.1, 0.15) is 10.4 Å². The quantitative estimate of drug-likeness (QED) is 0.638. The summed E-state index contributed by atoms with van der Waals surface area (Å²) in [6, 6.07) is 4.89. The van der Waals surface area contributed by atoms with Crippen molar-refractivity contribution in [2.24, 2.45) is 7.05 Å². The summed E-state index contributed by atoms with van der Waals surface area (Å²) in [5.74, 6) is 0.304. The summed E-state index contributed by atoms with van der Waals surface area (Å²) in [6.07, 6.45) is 3.59. The molecule has 0 saturated carbocycles. The minimum absolute atomic E-state index is 0.0227. The highest BCUT2D eigenvalue weighted by molar-refractivity contribution is 8.00. The second kappa shape index (κ2) is 5.78. The molecule has 0 fully saturated rings. The molecule has 6 heteroatoms. The molecule has 0 radical (unpaired) electrons. The van der Waals surface area contributed by atoms with Crippen LogP contribution in [0.5, 0.6) is 0 Å². The van der Waals surface area contributed by atoms with E-state index in [4.69, 9.17) is 23.2 Å². The fraction of sp³-hybridized carbons (Fsp3) is 0.167. The zero-order valence-corrected chi connectivity index (χ0v) is 11.9. The Morgan fingerprint density at radius 2 is 2.22 bits per heavy atom. The smallest absolute Gasteiger partial charge is 0.174 e. The van der Waals surface area contributed by atoms with Crippen molar-refractivity contribution in [2.75, 3.05) is 5.75 Å². The molecule has 0 spiro atoms. The zero-order valence-electron chi connectivity index (χ0n) is 9.56. The van der Waals surface area contributed by atoms with Crippen molar-refractivity contribution in [3.63, 3.8) is 0 Å². The van der Waals surface area contributed by atoms with Gasteiger partial charge in [-0.15, -0.1) is 11.8 Å². The molecule has 0 aliphatic carbocycles. The van der Waals surface area contributed by atoms with Gasteiger partial charge in [-0.2, -0.15) is 5.10 Å². The first-order valence-corrected chi connectivity index (χ1v) is 6.90. The topological polar surface area (TPSA) is 34.9 Å². The first-order chi connectivity index (χ1) is 8.56. The van der Waals surface area contributed by atoms with Gasteiger partial charge in [0.1, 0.15) is 0 Å². The third kappa shape index (κ3) is 3.28. The van der Waals surface area contributed by atoms with Crippen molar-refractivity contribution in [3.8, 4) is 0 Å². The van der Waals surface area contributed by atoms with E-state index in [0.29, 0.717) is 21.4 Å². The van der Waals surface area contributed by atoms with Crippen LogP contribution in [0, 0.1) is 0 Å². The molecule has 0 bridgehead atoms. The molecule has 0 unspecified atom stereocenters. The number of ketones is 1. The van der Waals surface area contributed by atoms with E-state index in [1.807, 2.05) is 13.2 Å².